The number of aliphatic hydroxyl groups excluding tert-OH is 1. The Hall–Kier alpha value is -2.80. The molecule has 172 valence electrons. The predicted molar refractivity (Wildman–Crippen MR) is 117 cm³/mol. The third-order valence-electron chi connectivity index (χ3n) is 5.13. The highest BCUT2D eigenvalue weighted by Gasteiger charge is 2.16. The molecule has 0 radical (unpaired) electrons. The molecule has 3 aromatic rings. The molecule has 0 amide bonds. The summed E-state index contributed by atoms with van der Waals surface area (Å²) >= 11 is 0. The molecule has 0 atom stereocenters. The van der Waals surface area contributed by atoms with Crippen LogP contribution in [-0.4, -0.2) is 59.5 Å². The third-order valence-corrected chi connectivity index (χ3v) is 6.61. The summed E-state index contributed by atoms with van der Waals surface area (Å²) in [6.45, 7) is -0.238. The number of nitrogens with one attached hydrogen (secondary N) is 3. The van der Waals surface area contributed by atoms with E-state index in [1.165, 1.54) is 37.7 Å². The normalized spacial score (nSPS) is 15.2. The van der Waals surface area contributed by atoms with Crippen LogP contribution < -0.4 is 14.8 Å². The minimum atomic E-state index is -3.68. The number of aromatic amines is 1. The SMILES string of the molecule is O=S(=O)(NCCO)c1ccc(Nc2nc(OCOC3CCCCC3)c3[nH]cnc3n2)cc1. The van der Waals surface area contributed by atoms with Crippen molar-refractivity contribution in [3.05, 3.63) is 30.6 Å². The zero-order valence-corrected chi connectivity index (χ0v) is 18.3. The Kier molecular flexibility index (Phi) is 7.15. The van der Waals surface area contributed by atoms with Crippen molar-refractivity contribution in [1.82, 2.24) is 24.7 Å². The minimum Gasteiger partial charge on any atom is -0.449 e. The number of aliphatic hydroxyl groups is 1. The zero-order valence-electron chi connectivity index (χ0n) is 17.5. The lowest BCUT2D eigenvalue weighted by molar-refractivity contribution is -0.0507. The molecule has 0 aliphatic heterocycles. The second-order valence-electron chi connectivity index (χ2n) is 7.41. The Balaban J connectivity index is 1.45. The van der Waals surface area contributed by atoms with Gasteiger partial charge in [0, 0.05) is 12.2 Å². The van der Waals surface area contributed by atoms with E-state index in [1.807, 2.05) is 0 Å². The molecule has 32 heavy (non-hydrogen) atoms. The number of imidazole rings is 1. The molecule has 0 spiro atoms. The van der Waals surface area contributed by atoms with E-state index in [2.05, 4.69) is 30.0 Å². The number of rotatable bonds is 10. The first-order valence-electron chi connectivity index (χ1n) is 10.5. The van der Waals surface area contributed by atoms with Crippen molar-refractivity contribution in [2.75, 3.05) is 25.3 Å². The number of nitrogens with zero attached hydrogens (tertiary/aromatic N) is 3. The Labute approximate surface area is 185 Å². The molecule has 0 saturated heterocycles. The van der Waals surface area contributed by atoms with Gasteiger partial charge in [-0.2, -0.15) is 9.97 Å². The maximum Gasteiger partial charge on any atom is 0.247 e. The van der Waals surface area contributed by atoms with Gasteiger partial charge in [0.05, 0.1) is 23.9 Å². The van der Waals surface area contributed by atoms with Crippen molar-refractivity contribution in [2.24, 2.45) is 0 Å². The molecule has 1 aliphatic carbocycles. The summed E-state index contributed by atoms with van der Waals surface area (Å²) in [5, 5.41) is 11.8. The fraction of sp³-hybridized carbons (Fsp3) is 0.450. The number of hydrogen-bond acceptors (Lipinski definition) is 9. The van der Waals surface area contributed by atoms with E-state index in [1.54, 1.807) is 12.1 Å². The molecular formula is C20H26N6O5S. The highest BCUT2D eigenvalue weighted by atomic mass is 32.2. The number of benzene rings is 1. The third kappa shape index (κ3) is 5.51. The van der Waals surface area contributed by atoms with Crippen molar-refractivity contribution in [2.45, 2.75) is 43.1 Å². The first-order chi connectivity index (χ1) is 15.5. The lowest BCUT2D eigenvalue weighted by Gasteiger charge is -2.21. The maximum atomic E-state index is 12.1. The van der Waals surface area contributed by atoms with E-state index in [9.17, 15) is 8.42 Å². The second kappa shape index (κ2) is 10.2. The largest absolute Gasteiger partial charge is 0.449 e. The summed E-state index contributed by atoms with van der Waals surface area (Å²) in [6.07, 6.45) is 7.41. The molecule has 0 unspecified atom stereocenters. The predicted octanol–water partition coefficient (Wildman–Crippen LogP) is 2.05. The number of ether oxygens (including phenoxy) is 2. The van der Waals surface area contributed by atoms with Crippen LogP contribution in [0.1, 0.15) is 32.1 Å². The van der Waals surface area contributed by atoms with Crippen molar-refractivity contribution in [3.8, 4) is 5.88 Å². The average molecular weight is 463 g/mol. The number of fused-ring (bicyclic) bond motifs is 1. The van der Waals surface area contributed by atoms with Gasteiger partial charge in [-0.1, -0.05) is 19.3 Å². The lowest BCUT2D eigenvalue weighted by Crippen LogP contribution is -2.26. The van der Waals surface area contributed by atoms with Gasteiger partial charge in [-0.15, -0.1) is 0 Å². The van der Waals surface area contributed by atoms with Gasteiger partial charge in [-0.05, 0) is 37.1 Å². The Morgan fingerprint density at radius 2 is 1.91 bits per heavy atom. The van der Waals surface area contributed by atoms with Crippen LogP contribution in [0.15, 0.2) is 35.5 Å². The summed E-state index contributed by atoms with van der Waals surface area (Å²) < 4.78 is 38.2. The molecule has 1 aliphatic rings. The summed E-state index contributed by atoms with van der Waals surface area (Å²) in [6, 6.07) is 6.09. The topological polar surface area (TPSA) is 151 Å². The molecule has 11 nitrogen and oxygen atoms in total. The Bertz CT molecular complexity index is 1130. The van der Waals surface area contributed by atoms with Crippen LogP contribution in [0.5, 0.6) is 5.88 Å². The molecule has 4 rings (SSSR count). The van der Waals surface area contributed by atoms with Crippen molar-refractivity contribution in [1.29, 1.82) is 0 Å². The van der Waals surface area contributed by atoms with Crippen molar-refractivity contribution >= 4 is 32.8 Å². The smallest absolute Gasteiger partial charge is 0.247 e. The molecule has 2 heterocycles. The highest BCUT2D eigenvalue weighted by molar-refractivity contribution is 7.89. The van der Waals surface area contributed by atoms with Gasteiger partial charge in [-0.3, -0.25) is 0 Å². The van der Waals surface area contributed by atoms with Gasteiger partial charge >= 0.3 is 0 Å². The van der Waals surface area contributed by atoms with E-state index in [0.29, 0.717) is 22.7 Å². The first kappa shape index (κ1) is 22.4. The van der Waals surface area contributed by atoms with Crippen LogP contribution in [0, 0.1) is 0 Å². The number of aromatic nitrogens is 4. The quantitative estimate of drug-likeness (QED) is 0.332. The number of anilines is 2. The Morgan fingerprint density at radius 3 is 2.66 bits per heavy atom. The molecule has 1 saturated carbocycles. The van der Waals surface area contributed by atoms with Gasteiger partial charge in [0.1, 0.15) is 5.52 Å². The van der Waals surface area contributed by atoms with Gasteiger partial charge in [0.2, 0.25) is 21.9 Å². The van der Waals surface area contributed by atoms with Gasteiger partial charge < -0.3 is 24.9 Å². The molecule has 1 aromatic carbocycles. The molecule has 0 bridgehead atoms. The van der Waals surface area contributed by atoms with Crippen LogP contribution in [-0.2, 0) is 14.8 Å². The summed E-state index contributed by atoms with van der Waals surface area (Å²) in [5.41, 5.74) is 1.59. The summed E-state index contributed by atoms with van der Waals surface area (Å²) in [5.74, 6) is 0.574. The van der Waals surface area contributed by atoms with Crippen LogP contribution in [0.2, 0.25) is 0 Å². The number of H-pyrrole nitrogens is 1. The Morgan fingerprint density at radius 1 is 1.12 bits per heavy atom. The molecular weight excluding hydrogens is 436 g/mol. The fourth-order valence-electron chi connectivity index (χ4n) is 3.49. The maximum absolute atomic E-state index is 12.1. The lowest BCUT2D eigenvalue weighted by atomic mass is 9.98. The molecule has 12 heteroatoms. The van der Waals surface area contributed by atoms with Crippen LogP contribution in [0.4, 0.5) is 11.6 Å². The number of hydrogen-bond donors (Lipinski definition) is 4. The average Bonchev–Trinajstić information content (AvgIpc) is 3.28. The second-order valence-corrected chi connectivity index (χ2v) is 9.18. The first-order valence-corrected chi connectivity index (χ1v) is 12.0. The van der Waals surface area contributed by atoms with Crippen molar-refractivity contribution in [3.63, 3.8) is 0 Å². The van der Waals surface area contributed by atoms with E-state index in [0.717, 1.165) is 12.8 Å². The summed E-state index contributed by atoms with van der Waals surface area (Å²) in [7, 11) is -3.68. The minimum absolute atomic E-state index is 0.0485. The van der Waals surface area contributed by atoms with Gasteiger partial charge in [-0.25, -0.2) is 18.1 Å². The monoisotopic (exact) mass is 462 g/mol. The summed E-state index contributed by atoms with van der Waals surface area (Å²) in [4.78, 5) is 16.0. The van der Waals surface area contributed by atoms with Crippen molar-refractivity contribution < 1.29 is 23.0 Å². The number of sulfonamides is 1. The van der Waals surface area contributed by atoms with Gasteiger partial charge in [0.15, 0.2) is 12.4 Å². The molecule has 4 N–H and O–H groups in total. The van der Waals surface area contributed by atoms with E-state index in [4.69, 9.17) is 14.6 Å². The van der Waals surface area contributed by atoms with Crippen LogP contribution >= 0.6 is 0 Å². The van der Waals surface area contributed by atoms with E-state index < -0.39 is 10.0 Å². The van der Waals surface area contributed by atoms with Crippen LogP contribution in [0.3, 0.4) is 0 Å². The molecule has 1 fully saturated rings. The van der Waals surface area contributed by atoms with Gasteiger partial charge in [0.25, 0.3) is 0 Å². The van der Waals surface area contributed by atoms with E-state index >= 15 is 0 Å². The molecule has 2 aromatic heterocycles. The zero-order chi connectivity index (χ0) is 22.4. The van der Waals surface area contributed by atoms with Crippen LogP contribution in [0.25, 0.3) is 11.2 Å². The highest BCUT2D eigenvalue weighted by Crippen LogP contribution is 2.25. The standard InChI is InChI=1S/C20H26N6O5S/c27-11-10-23-32(28,29)16-8-6-14(7-9-16)24-20-25-18-17(21-12-22-18)19(26-20)31-13-30-15-4-2-1-3-5-15/h6-9,12,15,23,27H,1-5,10-11,13H2,(H2,21,22,24,25,26). The van der Waals surface area contributed by atoms with E-state index in [-0.39, 0.29) is 36.9 Å². The fourth-order valence-corrected chi connectivity index (χ4v) is 4.52.